The Bertz CT molecular complexity index is 359. The third-order valence-electron chi connectivity index (χ3n) is 3.48. The Morgan fingerprint density at radius 2 is 2.21 bits per heavy atom. The van der Waals surface area contributed by atoms with Crippen LogP contribution in [0.3, 0.4) is 0 Å². The van der Waals surface area contributed by atoms with Crippen LogP contribution in [0.1, 0.15) is 13.3 Å². The van der Waals surface area contributed by atoms with Gasteiger partial charge in [0, 0.05) is 18.7 Å². The number of fused-ring (bicyclic) bond motifs is 1. The van der Waals surface area contributed by atoms with Gasteiger partial charge in [0.25, 0.3) is 0 Å². The van der Waals surface area contributed by atoms with Crippen LogP contribution in [0.25, 0.3) is 0 Å². The molecule has 1 nitrogen and oxygen atoms in total. The van der Waals surface area contributed by atoms with Crippen LogP contribution in [0, 0.1) is 17.8 Å². The minimum Gasteiger partial charge on any atom is -0.293 e. The van der Waals surface area contributed by atoms with Gasteiger partial charge in [0.2, 0.25) is 0 Å². The van der Waals surface area contributed by atoms with E-state index in [1.54, 1.807) is 5.57 Å². The van der Waals surface area contributed by atoms with E-state index in [1.807, 2.05) is 6.21 Å². The maximum Gasteiger partial charge on any atom is 0.0455 e. The third kappa shape index (κ3) is 1.19. The number of rotatable bonds is 1. The van der Waals surface area contributed by atoms with Crippen molar-refractivity contribution in [2.75, 3.05) is 6.54 Å². The zero-order valence-electron chi connectivity index (χ0n) is 8.48. The number of hydrogen-bond donors (Lipinski definition) is 0. The van der Waals surface area contributed by atoms with Crippen molar-refractivity contribution in [1.29, 1.82) is 0 Å². The first kappa shape index (κ1) is 8.22. The molecule has 1 fully saturated rings. The quantitative estimate of drug-likeness (QED) is 0.595. The molecule has 0 bridgehead atoms. The predicted molar refractivity (Wildman–Crippen MR) is 59.4 cm³/mol. The molecule has 0 spiro atoms. The molecular weight excluding hydrogens is 170 g/mol. The molecule has 0 aromatic rings. The summed E-state index contributed by atoms with van der Waals surface area (Å²) in [7, 11) is 0. The van der Waals surface area contributed by atoms with E-state index in [1.165, 1.54) is 12.0 Å². The molecule has 3 rings (SSSR count). The van der Waals surface area contributed by atoms with Gasteiger partial charge in [-0.2, -0.15) is 0 Å². The standard InChI is InChI=1S/C13H15N/c1-9-8-14-6-5-11(9)12-4-2-3-10-7-13(10)12/h2-6,9-10,13H,7-8H2,1H3. The minimum atomic E-state index is 0.610. The number of aliphatic imine (C=N–C) groups is 1. The van der Waals surface area contributed by atoms with Gasteiger partial charge >= 0.3 is 0 Å². The Kier molecular flexibility index (Phi) is 1.73. The van der Waals surface area contributed by atoms with Crippen LogP contribution in [-0.4, -0.2) is 12.8 Å². The summed E-state index contributed by atoms with van der Waals surface area (Å²) in [6.07, 6.45) is 12.4. The molecule has 0 N–H and O–H groups in total. The maximum absolute atomic E-state index is 4.30. The number of allylic oxidation sites excluding steroid dienone is 5. The molecule has 3 unspecified atom stereocenters. The van der Waals surface area contributed by atoms with Crippen LogP contribution in [0.5, 0.6) is 0 Å². The molecule has 14 heavy (non-hydrogen) atoms. The highest BCUT2D eigenvalue weighted by molar-refractivity contribution is 5.75. The maximum atomic E-state index is 4.30. The zero-order valence-corrected chi connectivity index (χ0v) is 8.48. The summed E-state index contributed by atoms with van der Waals surface area (Å²) in [5.41, 5.74) is 3.10. The summed E-state index contributed by atoms with van der Waals surface area (Å²) in [6, 6.07) is 0. The van der Waals surface area contributed by atoms with Gasteiger partial charge in [-0.25, -0.2) is 0 Å². The van der Waals surface area contributed by atoms with Crippen molar-refractivity contribution < 1.29 is 0 Å². The normalized spacial score (nSPS) is 38.8. The second-order valence-electron chi connectivity index (χ2n) is 4.55. The molecule has 72 valence electrons. The zero-order chi connectivity index (χ0) is 9.54. The van der Waals surface area contributed by atoms with E-state index in [9.17, 15) is 0 Å². The van der Waals surface area contributed by atoms with E-state index < -0.39 is 0 Å². The van der Waals surface area contributed by atoms with Gasteiger partial charge in [0.1, 0.15) is 0 Å². The molecule has 1 heterocycles. The van der Waals surface area contributed by atoms with Crippen molar-refractivity contribution in [2.24, 2.45) is 22.7 Å². The molecule has 1 heteroatoms. The lowest BCUT2D eigenvalue weighted by atomic mass is 9.87. The van der Waals surface area contributed by atoms with E-state index >= 15 is 0 Å². The fraction of sp³-hybridized carbons (Fsp3) is 0.462. The summed E-state index contributed by atoms with van der Waals surface area (Å²) in [5.74, 6) is 2.29. The smallest absolute Gasteiger partial charge is 0.0455 e. The predicted octanol–water partition coefficient (Wildman–Crippen LogP) is 2.77. The topological polar surface area (TPSA) is 12.4 Å². The number of hydrogen-bond acceptors (Lipinski definition) is 1. The fourth-order valence-electron chi connectivity index (χ4n) is 2.52. The summed E-state index contributed by atoms with van der Waals surface area (Å²) in [6.45, 7) is 3.24. The molecular formula is C13H15N. The second-order valence-corrected chi connectivity index (χ2v) is 4.55. The van der Waals surface area contributed by atoms with Crippen molar-refractivity contribution in [3.8, 4) is 0 Å². The molecule has 0 amide bonds. The molecule has 1 aliphatic heterocycles. The van der Waals surface area contributed by atoms with Gasteiger partial charge in [0.05, 0.1) is 0 Å². The Hall–Kier alpha value is -1.11. The molecule has 2 aliphatic carbocycles. The summed E-state index contributed by atoms with van der Waals surface area (Å²) in [5, 5.41) is 0. The van der Waals surface area contributed by atoms with Crippen LogP contribution < -0.4 is 0 Å². The van der Waals surface area contributed by atoms with Gasteiger partial charge < -0.3 is 0 Å². The van der Waals surface area contributed by atoms with E-state index in [2.05, 4.69) is 36.2 Å². The highest BCUT2D eigenvalue weighted by atomic mass is 14.7. The van der Waals surface area contributed by atoms with Crippen LogP contribution >= 0.6 is 0 Å². The Balaban J connectivity index is 1.94. The first-order valence-corrected chi connectivity index (χ1v) is 5.45. The average molecular weight is 185 g/mol. The lowest BCUT2D eigenvalue weighted by Gasteiger charge is -2.20. The highest BCUT2D eigenvalue weighted by Crippen LogP contribution is 2.50. The Morgan fingerprint density at radius 3 is 3.07 bits per heavy atom. The van der Waals surface area contributed by atoms with Crippen LogP contribution in [-0.2, 0) is 0 Å². The van der Waals surface area contributed by atoms with Crippen LogP contribution in [0.4, 0.5) is 0 Å². The number of dihydropyridines is 1. The fourth-order valence-corrected chi connectivity index (χ4v) is 2.52. The van der Waals surface area contributed by atoms with Crippen LogP contribution in [0.15, 0.2) is 40.4 Å². The van der Waals surface area contributed by atoms with Crippen LogP contribution in [0.2, 0.25) is 0 Å². The van der Waals surface area contributed by atoms with E-state index in [0.717, 1.165) is 18.4 Å². The van der Waals surface area contributed by atoms with Crippen molar-refractivity contribution in [3.63, 3.8) is 0 Å². The molecule has 1 saturated carbocycles. The Morgan fingerprint density at radius 1 is 1.29 bits per heavy atom. The largest absolute Gasteiger partial charge is 0.293 e. The number of nitrogens with zero attached hydrogens (tertiary/aromatic N) is 1. The highest BCUT2D eigenvalue weighted by Gasteiger charge is 2.40. The lowest BCUT2D eigenvalue weighted by Crippen LogP contribution is -2.12. The molecule has 0 aromatic heterocycles. The van der Waals surface area contributed by atoms with Gasteiger partial charge in [-0.05, 0) is 35.5 Å². The first-order valence-electron chi connectivity index (χ1n) is 5.45. The van der Waals surface area contributed by atoms with E-state index in [0.29, 0.717) is 5.92 Å². The molecule has 0 saturated heterocycles. The first-order chi connectivity index (χ1) is 6.86. The molecule has 3 aliphatic rings. The van der Waals surface area contributed by atoms with Crippen molar-refractivity contribution in [1.82, 2.24) is 0 Å². The third-order valence-corrected chi connectivity index (χ3v) is 3.48. The minimum absolute atomic E-state index is 0.610. The van der Waals surface area contributed by atoms with E-state index in [-0.39, 0.29) is 0 Å². The lowest BCUT2D eigenvalue weighted by molar-refractivity contribution is 0.680. The average Bonchev–Trinajstić information content (AvgIpc) is 2.97. The van der Waals surface area contributed by atoms with Crippen molar-refractivity contribution >= 4 is 6.21 Å². The van der Waals surface area contributed by atoms with Crippen molar-refractivity contribution in [2.45, 2.75) is 13.3 Å². The second kappa shape index (κ2) is 2.94. The van der Waals surface area contributed by atoms with Gasteiger partial charge in [0.15, 0.2) is 0 Å². The Labute approximate surface area is 84.9 Å². The monoisotopic (exact) mass is 185 g/mol. The van der Waals surface area contributed by atoms with E-state index in [4.69, 9.17) is 0 Å². The summed E-state index contributed by atoms with van der Waals surface area (Å²) >= 11 is 0. The summed E-state index contributed by atoms with van der Waals surface area (Å²) in [4.78, 5) is 4.30. The van der Waals surface area contributed by atoms with Crippen molar-refractivity contribution in [3.05, 3.63) is 35.5 Å². The molecule has 0 aromatic carbocycles. The SMILES string of the molecule is CC1CN=CC=C1C1=CC=CC2CC12. The van der Waals surface area contributed by atoms with Gasteiger partial charge in [-0.1, -0.05) is 25.2 Å². The molecule has 3 atom stereocenters. The summed E-state index contributed by atoms with van der Waals surface area (Å²) < 4.78 is 0. The van der Waals surface area contributed by atoms with Gasteiger partial charge in [-0.3, -0.25) is 4.99 Å². The van der Waals surface area contributed by atoms with Gasteiger partial charge in [-0.15, -0.1) is 0 Å². The molecule has 0 radical (unpaired) electrons.